The Morgan fingerprint density at radius 1 is 1.30 bits per heavy atom. The Bertz CT molecular complexity index is 504. The maximum atomic E-state index is 11.8. The van der Waals surface area contributed by atoms with Gasteiger partial charge in [0.1, 0.15) is 0 Å². The first-order chi connectivity index (χ1) is 9.41. The second kappa shape index (κ2) is 8.51. The lowest BCUT2D eigenvalue weighted by molar-refractivity contribution is 0.400. The number of nitrogens with one attached hydrogen (secondary N) is 1. The van der Waals surface area contributed by atoms with E-state index in [0.717, 1.165) is 17.9 Å². The molecule has 0 saturated carbocycles. The summed E-state index contributed by atoms with van der Waals surface area (Å²) in [6, 6.07) is 7.47. The highest BCUT2D eigenvalue weighted by Crippen LogP contribution is 2.24. The molecule has 1 aromatic carbocycles. The minimum absolute atomic E-state index is 0.105. The number of nitrogen functional groups attached to an aromatic ring is 1. The molecule has 0 amide bonds. The third kappa shape index (κ3) is 7.14. The zero-order chi connectivity index (χ0) is 15.0. The number of thioether (sulfide) groups is 1. The fourth-order valence-electron chi connectivity index (χ4n) is 1.57. The molecule has 0 aliphatic heterocycles. The fraction of sp³-hybridized carbons (Fsp3) is 0.538. The molecule has 20 heavy (non-hydrogen) atoms. The average molecular weight is 317 g/mol. The summed E-state index contributed by atoms with van der Waals surface area (Å²) in [4.78, 5) is 2.96. The number of benzene rings is 1. The van der Waals surface area contributed by atoms with Crippen LogP contribution >= 0.6 is 11.8 Å². The normalized spacial score (nSPS) is 11.9. The third-order valence-corrected chi connectivity index (χ3v) is 5.37. The highest BCUT2D eigenvalue weighted by molar-refractivity contribution is 8.00. The fourth-order valence-corrected chi connectivity index (χ4v) is 4.01. The minimum Gasteiger partial charge on any atom is -0.398 e. The number of anilines is 1. The SMILES string of the molecule is CN(C)CCCNS(=O)(=O)CCSc1ccccc1N. The highest BCUT2D eigenvalue weighted by atomic mass is 32.2. The maximum Gasteiger partial charge on any atom is 0.212 e. The molecule has 3 N–H and O–H groups in total. The van der Waals surface area contributed by atoms with Crippen molar-refractivity contribution < 1.29 is 8.42 Å². The number of nitrogens with two attached hydrogens (primary N) is 1. The Balaban J connectivity index is 2.28. The van der Waals surface area contributed by atoms with Crippen molar-refractivity contribution in [2.45, 2.75) is 11.3 Å². The summed E-state index contributed by atoms with van der Waals surface area (Å²) in [7, 11) is 0.743. The molecule has 0 spiro atoms. The van der Waals surface area contributed by atoms with Crippen molar-refractivity contribution in [3.63, 3.8) is 0 Å². The Morgan fingerprint density at radius 3 is 2.65 bits per heavy atom. The molecular formula is C13H23N3O2S2. The van der Waals surface area contributed by atoms with Gasteiger partial charge in [-0.05, 0) is 39.2 Å². The quantitative estimate of drug-likeness (QED) is 0.407. The van der Waals surface area contributed by atoms with Crippen LogP contribution in [0.1, 0.15) is 6.42 Å². The second-order valence-corrected chi connectivity index (χ2v) is 7.82. The van der Waals surface area contributed by atoms with Gasteiger partial charge in [0.05, 0.1) is 5.75 Å². The van der Waals surface area contributed by atoms with Crippen LogP contribution in [0.3, 0.4) is 0 Å². The van der Waals surface area contributed by atoms with Gasteiger partial charge in [-0.3, -0.25) is 0 Å². The number of hydrogen-bond donors (Lipinski definition) is 2. The molecule has 0 bridgehead atoms. The van der Waals surface area contributed by atoms with Crippen LogP contribution in [0.2, 0.25) is 0 Å². The Labute approximate surface area is 126 Å². The van der Waals surface area contributed by atoms with Crippen LogP contribution in [0.4, 0.5) is 5.69 Å². The molecule has 0 atom stereocenters. The number of para-hydroxylation sites is 1. The molecule has 0 fully saturated rings. The van der Waals surface area contributed by atoms with Crippen LogP contribution in [0, 0.1) is 0 Å². The van der Waals surface area contributed by atoms with E-state index in [-0.39, 0.29) is 5.75 Å². The molecule has 0 unspecified atom stereocenters. The van der Waals surface area contributed by atoms with Crippen molar-refractivity contribution in [1.29, 1.82) is 0 Å². The lowest BCUT2D eigenvalue weighted by atomic mass is 10.3. The first-order valence-electron chi connectivity index (χ1n) is 6.50. The summed E-state index contributed by atoms with van der Waals surface area (Å²) in [5, 5.41) is 0. The van der Waals surface area contributed by atoms with Crippen LogP contribution in [0.15, 0.2) is 29.2 Å². The van der Waals surface area contributed by atoms with E-state index < -0.39 is 10.0 Å². The Kier molecular flexibility index (Phi) is 7.36. The van der Waals surface area contributed by atoms with Gasteiger partial charge in [-0.15, -0.1) is 11.8 Å². The molecule has 0 saturated heterocycles. The van der Waals surface area contributed by atoms with Crippen LogP contribution in [0.25, 0.3) is 0 Å². The van der Waals surface area contributed by atoms with Gasteiger partial charge in [-0.1, -0.05) is 12.1 Å². The standard InChI is InChI=1S/C13H23N3O2S2/c1-16(2)9-5-8-15-20(17,18)11-10-19-13-7-4-3-6-12(13)14/h3-4,6-7,15H,5,8-11,14H2,1-2H3. The molecule has 5 nitrogen and oxygen atoms in total. The van der Waals surface area contributed by atoms with E-state index >= 15 is 0 Å². The van der Waals surface area contributed by atoms with E-state index in [9.17, 15) is 8.42 Å². The van der Waals surface area contributed by atoms with Crippen molar-refractivity contribution in [3.05, 3.63) is 24.3 Å². The van der Waals surface area contributed by atoms with E-state index in [1.165, 1.54) is 11.8 Å². The second-order valence-electron chi connectivity index (χ2n) is 4.76. The molecule has 0 aliphatic rings. The maximum absolute atomic E-state index is 11.8. The molecule has 1 rings (SSSR count). The lowest BCUT2D eigenvalue weighted by Crippen LogP contribution is -2.30. The molecule has 0 aromatic heterocycles. The van der Waals surface area contributed by atoms with Gasteiger partial charge < -0.3 is 10.6 Å². The van der Waals surface area contributed by atoms with Crippen LogP contribution in [0.5, 0.6) is 0 Å². The minimum atomic E-state index is -3.19. The highest BCUT2D eigenvalue weighted by Gasteiger charge is 2.10. The topological polar surface area (TPSA) is 75.4 Å². The van der Waals surface area contributed by atoms with E-state index in [1.807, 2.05) is 43.3 Å². The first kappa shape index (κ1) is 17.3. The smallest absolute Gasteiger partial charge is 0.212 e. The Morgan fingerprint density at radius 2 is 2.00 bits per heavy atom. The molecule has 0 radical (unpaired) electrons. The number of sulfonamides is 1. The first-order valence-corrected chi connectivity index (χ1v) is 9.14. The summed E-state index contributed by atoms with van der Waals surface area (Å²) in [6.45, 7) is 1.36. The molecule has 0 heterocycles. The molecule has 7 heteroatoms. The molecule has 114 valence electrons. The van der Waals surface area contributed by atoms with Gasteiger partial charge in [0.25, 0.3) is 0 Å². The summed E-state index contributed by atoms with van der Waals surface area (Å²) in [6.07, 6.45) is 0.811. The van der Waals surface area contributed by atoms with E-state index in [2.05, 4.69) is 4.72 Å². The largest absolute Gasteiger partial charge is 0.398 e. The van der Waals surface area contributed by atoms with Crippen LogP contribution in [-0.2, 0) is 10.0 Å². The van der Waals surface area contributed by atoms with Gasteiger partial charge in [0.15, 0.2) is 0 Å². The van der Waals surface area contributed by atoms with E-state index in [1.54, 1.807) is 0 Å². The molecule has 0 aliphatic carbocycles. The van der Waals surface area contributed by atoms with Crippen LogP contribution in [-0.4, -0.2) is 52.0 Å². The van der Waals surface area contributed by atoms with Gasteiger partial charge in [0.2, 0.25) is 10.0 Å². The lowest BCUT2D eigenvalue weighted by Gasteiger charge is -2.10. The predicted octanol–water partition coefficient (Wildman–Crippen LogP) is 1.23. The summed E-state index contributed by atoms with van der Waals surface area (Å²) < 4.78 is 26.2. The zero-order valence-electron chi connectivity index (χ0n) is 12.0. The van der Waals surface area contributed by atoms with Crippen molar-refractivity contribution in [1.82, 2.24) is 9.62 Å². The van der Waals surface area contributed by atoms with Crippen molar-refractivity contribution in [2.75, 3.05) is 44.4 Å². The van der Waals surface area contributed by atoms with Crippen molar-refractivity contribution in [3.8, 4) is 0 Å². The van der Waals surface area contributed by atoms with Gasteiger partial charge in [-0.25, -0.2) is 13.1 Å². The van der Waals surface area contributed by atoms with Crippen LogP contribution < -0.4 is 10.5 Å². The van der Waals surface area contributed by atoms with Gasteiger partial charge in [-0.2, -0.15) is 0 Å². The molecular weight excluding hydrogens is 294 g/mol. The predicted molar refractivity (Wildman–Crippen MR) is 86.5 cm³/mol. The number of hydrogen-bond acceptors (Lipinski definition) is 5. The monoisotopic (exact) mass is 317 g/mol. The van der Waals surface area contributed by atoms with Crippen molar-refractivity contribution >= 4 is 27.5 Å². The van der Waals surface area contributed by atoms with Gasteiger partial charge >= 0.3 is 0 Å². The summed E-state index contributed by atoms with van der Waals surface area (Å²) in [5.41, 5.74) is 6.50. The van der Waals surface area contributed by atoms with Crippen molar-refractivity contribution in [2.24, 2.45) is 0 Å². The summed E-state index contributed by atoms with van der Waals surface area (Å²) in [5.74, 6) is 0.602. The van der Waals surface area contributed by atoms with E-state index in [4.69, 9.17) is 5.73 Å². The number of rotatable bonds is 9. The zero-order valence-corrected chi connectivity index (χ0v) is 13.6. The summed E-state index contributed by atoms with van der Waals surface area (Å²) >= 11 is 1.47. The Hall–Kier alpha value is -0.760. The molecule has 1 aromatic rings. The third-order valence-electron chi connectivity index (χ3n) is 2.63. The number of nitrogens with zero attached hydrogens (tertiary/aromatic N) is 1. The van der Waals surface area contributed by atoms with E-state index in [0.29, 0.717) is 18.0 Å². The average Bonchev–Trinajstić information content (AvgIpc) is 2.37. The van der Waals surface area contributed by atoms with Gasteiger partial charge in [0, 0.05) is 22.9 Å².